The lowest BCUT2D eigenvalue weighted by molar-refractivity contribution is -0.115. The van der Waals surface area contributed by atoms with Crippen LogP contribution in [0.25, 0.3) is 0 Å². The topological polar surface area (TPSA) is 95.1 Å². The molecule has 0 aromatic heterocycles. The van der Waals surface area contributed by atoms with Crippen molar-refractivity contribution in [2.45, 2.75) is 0 Å². The molecule has 0 saturated carbocycles. The fourth-order valence-corrected chi connectivity index (χ4v) is 1.17. The van der Waals surface area contributed by atoms with Gasteiger partial charge in [-0.3, -0.25) is 4.79 Å². The van der Waals surface area contributed by atoms with Crippen molar-refractivity contribution in [3.63, 3.8) is 0 Å². The van der Waals surface area contributed by atoms with Gasteiger partial charge < -0.3 is 34.4 Å². The van der Waals surface area contributed by atoms with Gasteiger partial charge in [0.1, 0.15) is 19.5 Å². The van der Waals surface area contributed by atoms with E-state index in [-0.39, 0.29) is 18.3 Å². The van der Waals surface area contributed by atoms with Crippen LogP contribution >= 0.6 is 12.6 Å². The monoisotopic (exact) mass is 354 g/mol. The van der Waals surface area contributed by atoms with E-state index in [1.165, 1.54) is 0 Å². The van der Waals surface area contributed by atoms with Crippen LogP contribution < -0.4 is 10.6 Å². The number of aldehydes is 1. The number of hydrogen-bond donors (Lipinski definition) is 3. The first-order chi connectivity index (χ1) is 11.2. The molecule has 0 rings (SSSR count). The second-order valence-electron chi connectivity index (χ2n) is 4.12. The van der Waals surface area contributed by atoms with Crippen molar-refractivity contribution in [1.82, 2.24) is 10.6 Å². The number of thiol groups is 1. The molecule has 0 aliphatic heterocycles. The van der Waals surface area contributed by atoms with E-state index in [9.17, 15) is 9.59 Å². The predicted molar refractivity (Wildman–Crippen MR) is 91.2 cm³/mol. The minimum absolute atomic E-state index is 0.0541. The lowest BCUT2D eigenvalue weighted by Gasteiger charge is -2.03. The molecule has 0 radical (unpaired) electrons. The van der Waals surface area contributed by atoms with Crippen molar-refractivity contribution in [3.05, 3.63) is 0 Å². The number of carbonyl (C=O) groups is 2. The van der Waals surface area contributed by atoms with Crippen LogP contribution in [0.4, 0.5) is 0 Å². The Kier molecular flexibility index (Phi) is 25.5. The Morgan fingerprint density at radius 3 is 1.78 bits per heavy atom. The highest BCUT2D eigenvalue weighted by molar-refractivity contribution is 7.96. The van der Waals surface area contributed by atoms with Crippen LogP contribution in [-0.2, 0) is 28.5 Å². The van der Waals surface area contributed by atoms with Gasteiger partial charge in [0.25, 0.3) is 0 Å². The van der Waals surface area contributed by atoms with Gasteiger partial charge in [0, 0.05) is 13.1 Å². The summed E-state index contributed by atoms with van der Waals surface area (Å²) in [7, 11) is 3.73. The third kappa shape index (κ3) is 30.0. The molecule has 0 unspecified atom stereocenters. The molecule has 0 spiro atoms. The number of ether oxygens (including phenoxy) is 4. The molecule has 0 fully saturated rings. The van der Waals surface area contributed by atoms with Crippen molar-refractivity contribution >= 4 is 24.0 Å². The summed E-state index contributed by atoms with van der Waals surface area (Å²) in [6.07, 6.45) is 0.730. The molecular formula is C14H30N2O6S. The van der Waals surface area contributed by atoms with Gasteiger partial charge in [-0.25, -0.2) is 0 Å². The molecule has 0 aliphatic rings. The first-order valence-electron chi connectivity index (χ1n) is 7.44. The van der Waals surface area contributed by atoms with Gasteiger partial charge in [-0.15, -0.1) is 12.6 Å². The number of nitrogens with one attached hydrogen (secondary N) is 2. The summed E-state index contributed by atoms with van der Waals surface area (Å²) in [5.41, 5.74) is 0. The molecule has 23 heavy (non-hydrogen) atoms. The van der Waals surface area contributed by atoms with E-state index in [4.69, 9.17) is 18.9 Å². The van der Waals surface area contributed by atoms with E-state index < -0.39 is 0 Å². The highest BCUT2D eigenvalue weighted by Crippen LogP contribution is 1.82. The summed E-state index contributed by atoms with van der Waals surface area (Å²) >= 11 is 3.54. The summed E-state index contributed by atoms with van der Waals surface area (Å²) in [5, 5.41) is 5.63. The molecule has 0 aromatic rings. The highest BCUT2D eigenvalue weighted by Gasteiger charge is 1.93. The molecule has 0 heterocycles. The van der Waals surface area contributed by atoms with Crippen LogP contribution in [0.1, 0.15) is 0 Å². The number of carbonyl (C=O) groups excluding carboxylic acids is 2. The fraction of sp³-hybridized carbons (Fsp3) is 0.857. The quantitative estimate of drug-likeness (QED) is 0.187. The normalized spacial score (nSPS) is 10.0. The van der Waals surface area contributed by atoms with Crippen LogP contribution in [-0.4, -0.2) is 91.4 Å². The van der Waals surface area contributed by atoms with Gasteiger partial charge in [-0.05, 0) is 14.1 Å². The van der Waals surface area contributed by atoms with Gasteiger partial charge in [0.05, 0.1) is 39.6 Å². The lowest BCUT2D eigenvalue weighted by atomic mass is 10.7. The Bertz CT molecular complexity index is 259. The average Bonchev–Trinajstić information content (AvgIpc) is 2.54. The smallest absolute Gasteiger partial charge is 0.211 e. The van der Waals surface area contributed by atoms with Crippen LogP contribution in [0.3, 0.4) is 0 Å². The minimum atomic E-state index is -0.259. The Morgan fingerprint density at radius 2 is 1.35 bits per heavy atom. The van der Waals surface area contributed by atoms with Gasteiger partial charge in [0.15, 0.2) is 0 Å². The van der Waals surface area contributed by atoms with E-state index in [0.717, 1.165) is 19.4 Å². The molecule has 0 bridgehead atoms. The van der Waals surface area contributed by atoms with Crippen molar-refractivity contribution in [2.75, 3.05) is 80.0 Å². The van der Waals surface area contributed by atoms with Gasteiger partial charge in [0.2, 0.25) is 5.12 Å². The zero-order chi connectivity index (χ0) is 17.6. The second kappa shape index (κ2) is 23.7. The molecular weight excluding hydrogens is 324 g/mol. The van der Waals surface area contributed by atoms with E-state index in [1.807, 2.05) is 14.1 Å². The SMILES string of the molecule is CNCCOCCOCC(=O)S.CNCCOCCOCC=O. The van der Waals surface area contributed by atoms with Gasteiger partial charge in [-0.2, -0.15) is 0 Å². The summed E-state index contributed by atoms with van der Waals surface area (Å²) in [6, 6.07) is 0. The molecule has 0 amide bonds. The number of rotatable bonds is 16. The van der Waals surface area contributed by atoms with Crippen LogP contribution in [0.15, 0.2) is 0 Å². The Hall–Kier alpha value is -0.550. The molecule has 8 nitrogen and oxygen atoms in total. The second-order valence-corrected chi connectivity index (χ2v) is 4.62. The van der Waals surface area contributed by atoms with Crippen molar-refractivity contribution < 1.29 is 28.5 Å². The maximum absolute atomic E-state index is 10.3. The third-order valence-corrected chi connectivity index (χ3v) is 2.28. The molecule has 9 heteroatoms. The first kappa shape index (κ1) is 24.7. The Morgan fingerprint density at radius 1 is 0.870 bits per heavy atom. The zero-order valence-electron chi connectivity index (χ0n) is 14.0. The lowest BCUT2D eigenvalue weighted by Crippen LogP contribution is -2.16. The van der Waals surface area contributed by atoms with Crippen LogP contribution in [0, 0.1) is 0 Å². The van der Waals surface area contributed by atoms with Crippen molar-refractivity contribution in [3.8, 4) is 0 Å². The van der Waals surface area contributed by atoms with E-state index in [1.54, 1.807) is 0 Å². The number of hydrogen-bond acceptors (Lipinski definition) is 8. The maximum atomic E-state index is 10.3. The maximum Gasteiger partial charge on any atom is 0.211 e. The van der Waals surface area contributed by atoms with Gasteiger partial charge >= 0.3 is 0 Å². The van der Waals surface area contributed by atoms with Crippen LogP contribution in [0.2, 0.25) is 0 Å². The van der Waals surface area contributed by atoms with Crippen molar-refractivity contribution in [2.24, 2.45) is 0 Å². The largest absolute Gasteiger partial charge is 0.378 e. The zero-order valence-corrected chi connectivity index (χ0v) is 14.9. The molecule has 2 N–H and O–H groups in total. The molecule has 0 aromatic carbocycles. The van der Waals surface area contributed by atoms with E-state index in [0.29, 0.717) is 39.6 Å². The standard InChI is InChI=1S/C7H15NO3S.C7H15NO3/c1-8-2-3-10-4-5-11-6-7(9)12;1-8-2-4-10-6-7-11-5-3-9/h8H,2-6H2,1H3,(H,9,12);3,8H,2,4-7H2,1H3. The van der Waals surface area contributed by atoms with Crippen molar-refractivity contribution in [1.29, 1.82) is 0 Å². The molecule has 0 aliphatic carbocycles. The molecule has 0 atom stereocenters. The van der Waals surface area contributed by atoms with Gasteiger partial charge in [-0.1, -0.05) is 0 Å². The Labute approximate surface area is 144 Å². The fourth-order valence-electron chi connectivity index (χ4n) is 1.08. The summed E-state index contributed by atoms with van der Waals surface area (Å²) in [5.74, 6) is 0. The third-order valence-electron chi connectivity index (χ3n) is 2.15. The highest BCUT2D eigenvalue weighted by atomic mass is 32.1. The summed E-state index contributed by atoms with van der Waals surface area (Å²) in [6.45, 7) is 5.22. The summed E-state index contributed by atoms with van der Waals surface area (Å²) in [4.78, 5) is 20.0. The van der Waals surface area contributed by atoms with Crippen LogP contribution in [0.5, 0.6) is 0 Å². The molecule has 138 valence electrons. The average molecular weight is 354 g/mol. The first-order valence-corrected chi connectivity index (χ1v) is 7.89. The van der Waals surface area contributed by atoms with E-state index in [2.05, 4.69) is 23.3 Å². The number of likely N-dealkylation sites (N-methyl/N-ethyl adjacent to an activating group) is 2. The van der Waals surface area contributed by atoms with E-state index >= 15 is 0 Å². The Balaban J connectivity index is 0. The summed E-state index contributed by atoms with van der Waals surface area (Å²) < 4.78 is 20.0. The minimum Gasteiger partial charge on any atom is -0.378 e. The molecule has 0 saturated heterocycles. The predicted octanol–water partition coefficient (Wildman–Crippen LogP) is -0.867.